The number of benzene rings is 2. The smallest absolute Gasteiger partial charge is 0.350 e. The van der Waals surface area contributed by atoms with Crippen LogP contribution in [0.15, 0.2) is 65.7 Å². The standard InChI is InChI=1S/C25H27N7O2/c1-18-7-9-20(10-8-18)27-22(33)17-32-25(34)31-12-11-26-23(24(31)28-32)30-15-13-29(14-16-30)21-6-4-3-5-19(21)2/h3-12H,13-17H2,1-2H3,(H,27,33). The van der Waals surface area contributed by atoms with Gasteiger partial charge in [-0.05, 0) is 37.6 Å². The maximum Gasteiger partial charge on any atom is 0.350 e. The minimum Gasteiger partial charge on any atom is -0.368 e. The van der Waals surface area contributed by atoms with E-state index in [0.717, 1.165) is 31.7 Å². The largest absolute Gasteiger partial charge is 0.368 e. The van der Waals surface area contributed by atoms with Gasteiger partial charge in [0.15, 0.2) is 5.82 Å². The van der Waals surface area contributed by atoms with Crippen LogP contribution in [-0.4, -0.2) is 51.3 Å². The fourth-order valence-corrected chi connectivity index (χ4v) is 4.31. The van der Waals surface area contributed by atoms with Gasteiger partial charge in [0.25, 0.3) is 0 Å². The number of aryl methyl sites for hydroxylation is 2. The zero-order chi connectivity index (χ0) is 23.7. The molecule has 0 aliphatic carbocycles. The summed E-state index contributed by atoms with van der Waals surface area (Å²) in [5.41, 5.74) is 4.38. The van der Waals surface area contributed by atoms with Crippen molar-refractivity contribution in [2.45, 2.75) is 20.4 Å². The van der Waals surface area contributed by atoms with E-state index in [9.17, 15) is 9.59 Å². The van der Waals surface area contributed by atoms with Gasteiger partial charge in [-0.25, -0.2) is 18.9 Å². The lowest BCUT2D eigenvalue weighted by Crippen LogP contribution is -2.47. The molecule has 0 spiro atoms. The van der Waals surface area contributed by atoms with E-state index < -0.39 is 0 Å². The number of para-hydroxylation sites is 1. The molecular weight excluding hydrogens is 430 g/mol. The number of nitrogens with one attached hydrogen (secondary N) is 1. The number of amides is 1. The molecule has 9 nitrogen and oxygen atoms in total. The molecule has 4 aromatic rings. The van der Waals surface area contributed by atoms with Gasteiger partial charge in [-0.15, -0.1) is 5.10 Å². The fraction of sp³-hybridized carbons (Fsp3) is 0.280. The van der Waals surface area contributed by atoms with Crippen LogP contribution in [0, 0.1) is 13.8 Å². The second-order valence-corrected chi connectivity index (χ2v) is 8.56. The topological polar surface area (TPSA) is 87.8 Å². The van der Waals surface area contributed by atoms with Crippen molar-refractivity contribution in [3.8, 4) is 0 Å². The van der Waals surface area contributed by atoms with Crippen molar-refractivity contribution in [2.75, 3.05) is 41.3 Å². The van der Waals surface area contributed by atoms with Crippen molar-refractivity contribution in [3.63, 3.8) is 0 Å². The summed E-state index contributed by atoms with van der Waals surface area (Å²) < 4.78 is 2.64. The van der Waals surface area contributed by atoms with Crippen LogP contribution in [0.3, 0.4) is 0 Å². The normalized spacial score (nSPS) is 13.9. The minimum absolute atomic E-state index is 0.172. The summed E-state index contributed by atoms with van der Waals surface area (Å²) in [4.78, 5) is 34.5. The molecule has 34 heavy (non-hydrogen) atoms. The molecule has 2 aromatic carbocycles. The molecule has 1 N–H and O–H groups in total. The maximum absolute atomic E-state index is 12.9. The van der Waals surface area contributed by atoms with Gasteiger partial charge in [-0.1, -0.05) is 35.9 Å². The highest BCUT2D eigenvalue weighted by Crippen LogP contribution is 2.23. The predicted octanol–water partition coefficient (Wildman–Crippen LogP) is 2.47. The fourth-order valence-electron chi connectivity index (χ4n) is 4.31. The first-order valence-electron chi connectivity index (χ1n) is 11.4. The number of hydrogen-bond acceptors (Lipinski definition) is 6. The number of piperazine rings is 1. The SMILES string of the molecule is Cc1ccc(NC(=O)Cn2nc3c(N4CCN(c5ccccc5C)CC4)nccn3c2=O)cc1. The summed E-state index contributed by atoms with van der Waals surface area (Å²) in [7, 11) is 0. The molecule has 0 unspecified atom stereocenters. The lowest BCUT2D eigenvalue weighted by molar-refractivity contribution is -0.117. The quantitative estimate of drug-likeness (QED) is 0.495. The number of carbonyl (C=O) groups is 1. The van der Waals surface area contributed by atoms with Crippen LogP contribution in [0.4, 0.5) is 17.2 Å². The van der Waals surface area contributed by atoms with Crippen LogP contribution in [-0.2, 0) is 11.3 Å². The van der Waals surface area contributed by atoms with E-state index in [4.69, 9.17) is 0 Å². The lowest BCUT2D eigenvalue weighted by atomic mass is 10.1. The number of nitrogens with zero attached hydrogens (tertiary/aromatic N) is 6. The molecule has 0 radical (unpaired) electrons. The van der Waals surface area contributed by atoms with E-state index in [1.165, 1.54) is 20.3 Å². The van der Waals surface area contributed by atoms with Gasteiger partial charge in [0.1, 0.15) is 6.54 Å². The average molecular weight is 458 g/mol. The van der Waals surface area contributed by atoms with Crippen molar-refractivity contribution in [2.24, 2.45) is 0 Å². The zero-order valence-electron chi connectivity index (χ0n) is 19.3. The summed E-state index contributed by atoms with van der Waals surface area (Å²) in [6.45, 7) is 7.14. The molecule has 174 valence electrons. The second kappa shape index (κ2) is 9.01. The molecule has 0 saturated carbocycles. The number of aromatic nitrogens is 4. The molecule has 5 rings (SSSR count). The van der Waals surface area contributed by atoms with Gasteiger partial charge in [-0.3, -0.25) is 4.79 Å². The number of hydrogen-bond donors (Lipinski definition) is 1. The molecule has 1 amide bonds. The van der Waals surface area contributed by atoms with E-state index >= 15 is 0 Å². The number of carbonyl (C=O) groups excluding carboxylic acids is 1. The van der Waals surface area contributed by atoms with Crippen LogP contribution in [0.25, 0.3) is 5.65 Å². The second-order valence-electron chi connectivity index (χ2n) is 8.56. The molecule has 3 heterocycles. The first-order valence-corrected chi connectivity index (χ1v) is 11.4. The Kier molecular flexibility index (Phi) is 5.75. The summed E-state index contributed by atoms with van der Waals surface area (Å²) >= 11 is 0. The summed E-state index contributed by atoms with van der Waals surface area (Å²) in [6.07, 6.45) is 3.20. The van der Waals surface area contributed by atoms with Gasteiger partial charge in [0.05, 0.1) is 0 Å². The summed E-state index contributed by atoms with van der Waals surface area (Å²) in [6, 6.07) is 15.9. The van der Waals surface area contributed by atoms with Gasteiger partial charge in [0, 0.05) is 49.9 Å². The Morgan fingerprint density at radius 1 is 0.971 bits per heavy atom. The Morgan fingerprint density at radius 2 is 1.68 bits per heavy atom. The molecule has 1 aliphatic rings. The Bertz CT molecular complexity index is 1380. The zero-order valence-corrected chi connectivity index (χ0v) is 19.3. The molecule has 1 aliphatic heterocycles. The van der Waals surface area contributed by atoms with Crippen molar-refractivity contribution in [1.82, 2.24) is 19.2 Å². The molecule has 1 saturated heterocycles. The predicted molar refractivity (Wildman–Crippen MR) is 133 cm³/mol. The molecule has 0 bridgehead atoms. The lowest BCUT2D eigenvalue weighted by Gasteiger charge is -2.37. The van der Waals surface area contributed by atoms with Crippen LogP contribution in [0.1, 0.15) is 11.1 Å². The molecule has 1 fully saturated rings. The average Bonchev–Trinajstić information content (AvgIpc) is 3.16. The van der Waals surface area contributed by atoms with E-state index in [-0.39, 0.29) is 18.1 Å². The summed E-state index contributed by atoms with van der Waals surface area (Å²) in [5.74, 6) is 0.345. The number of fused-ring (bicyclic) bond motifs is 1. The van der Waals surface area contributed by atoms with Crippen molar-refractivity contribution in [1.29, 1.82) is 0 Å². The number of anilines is 3. The molecule has 2 aromatic heterocycles. The van der Waals surface area contributed by atoms with Gasteiger partial charge in [0.2, 0.25) is 11.6 Å². The van der Waals surface area contributed by atoms with E-state index in [2.05, 4.69) is 56.4 Å². The third-order valence-electron chi connectivity index (χ3n) is 6.15. The Hall–Kier alpha value is -4.14. The minimum atomic E-state index is -0.365. The molecular formula is C25H27N7O2. The third-order valence-corrected chi connectivity index (χ3v) is 6.15. The van der Waals surface area contributed by atoms with Gasteiger partial charge in [-0.2, -0.15) is 0 Å². The first-order chi connectivity index (χ1) is 16.5. The molecule has 0 atom stereocenters. The van der Waals surface area contributed by atoms with Gasteiger partial charge >= 0.3 is 5.69 Å². The van der Waals surface area contributed by atoms with Crippen LogP contribution in [0.5, 0.6) is 0 Å². The van der Waals surface area contributed by atoms with E-state index in [1.807, 2.05) is 31.2 Å². The Labute approximate surface area is 197 Å². The highest BCUT2D eigenvalue weighted by molar-refractivity contribution is 5.90. The summed E-state index contributed by atoms with van der Waals surface area (Å²) in [5, 5.41) is 7.28. The maximum atomic E-state index is 12.9. The first kappa shape index (κ1) is 21.7. The van der Waals surface area contributed by atoms with Crippen molar-refractivity contribution >= 4 is 28.7 Å². The van der Waals surface area contributed by atoms with Crippen molar-refractivity contribution in [3.05, 3.63) is 82.5 Å². The third kappa shape index (κ3) is 4.24. The van der Waals surface area contributed by atoms with Crippen LogP contribution >= 0.6 is 0 Å². The molecule has 9 heteroatoms. The van der Waals surface area contributed by atoms with E-state index in [1.54, 1.807) is 12.4 Å². The van der Waals surface area contributed by atoms with Gasteiger partial charge < -0.3 is 15.1 Å². The van der Waals surface area contributed by atoms with Crippen LogP contribution in [0.2, 0.25) is 0 Å². The van der Waals surface area contributed by atoms with E-state index in [0.29, 0.717) is 17.2 Å². The Morgan fingerprint density at radius 3 is 2.41 bits per heavy atom. The Balaban J connectivity index is 1.33. The van der Waals surface area contributed by atoms with Crippen LogP contribution < -0.4 is 20.8 Å². The monoisotopic (exact) mass is 457 g/mol. The van der Waals surface area contributed by atoms with Crippen molar-refractivity contribution < 1.29 is 4.79 Å². The highest BCUT2D eigenvalue weighted by Gasteiger charge is 2.23. The number of rotatable bonds is 5. The highest BCUT2D eigenvalue weighted by atomic mass is 16.2.